The van der Waals surface area contributed by atoms with E-state index in [0.717, 1.165) is 4.90 Å². The van der Waals surface area contributed by atoms with Crippen LogP contribution in [0.4, 0.5) is 6.01 Å². The molecular weight excluding hydrogens is 422 g/mol. The van der Waals surface area contributed by atoms with Gasteiger partial charge in [-0.1, -0.05) is 34.9 Å². The van der Waals surface area contributed by atoms with E-state index in [2.05, 4.69) is 15.5 Å². The molecule has 0 aliphatic rings. The fourth-order valence-electron chi connectivity index (χ4n) is 2.19. The van der Waals surface area contributed by atoms with Gasteiger partial charge in [-0.05, 0) is 36.4 Å². The Bertz CT molecular complexity index is 1040. The summed E-state index contributed by atoms with van der Waals surface area (Å²) < 4.78 is 29.9. The van der Waals surface area contributed by atoms with Crippen molar-refractivity contribution < 1.29 is 17.6 Å². The number of carbonyl (C=O) groups excluding carboxylic acids is 1. The first-order chi connectivity index (χ1) is 13.4. The fourth-order valence-corrected chi connectivity index (χ4v) is 4.32. The number of hydrogen-bond acceptors (Lipinski definition) is 7. The first-order valence-corrected chi connectivity index (χ1v) is 11.2. The molecule has 0 atom stereocenters. The quantitative estimate of drug-likeness (QED) is 0.534. The fraction of sp³-hybridized carbons (Fsp3) is 0.167. The molecule has 0 spiro atoms. The predicted molar refractivity (Wildman–Crippen MR) is 107 cm³/mol. The van der Waals surface area contributed by atoms with Crippen molar-refractivity contribution in [1.29, 1.82) is 0 Å². The number of anilines is 1. The number of rotatable bonds is 8. The van der Waals surface area contributed by atoms with Gasteiger partial charge in [0.2, 0.25) is 11.8 Å². The minimum Gasteiger partial charge on any atom is -0.407 e. The largest absolute Gasteiger partial charge is 0.407 e. The van der Waals surface area contributed by atoms with E-state index in [9.17, 15) is 13.2 Å². The van der Waals surface area contributed by atoms with Crippen LogP contribution < -0.4 is 5.32 Å². The predicted octanol–water partition coefficient (Wildman–Crippen LogP) is 3.82. The Kier molecular flexibility index (Phi) is 6.71. The maximum Gasteiger partial charge on any atom is 0.322 e. The number of nitrogens with zero attached hydrogens (tertiary/aromatic N) is 2. The molecule has 3 rings (SSSR count). The summed E-state index contributed by atoms with van der Waals surface area (Å²) in [6, 6.07) is 15.4. The summed E-state index contributed by atoms with van der Waals surface area (Å²) in [6.45, 7) is 0. The van der Waals surface area contributed by atoms with Crippen LogP contribution in [0.15, 0.2) is 68.8 Å². The van der Waals surface area contributed by atoms with Gasteiger partial charge in [-0.25, -0.2) is 8.42 Å². The molecule has 0 unspecified atom stereocenters. The van der Waals surface area contributed by atoms with Gasteiger partial charge in [0.25, 0.3) is 0 Å². The number of carbonyl (C=O) groups is 1. The van der Waals surface area contributed by atoms with Gasteiger partial charge in [-0.3, -0.25) is 10.1 Å². The minimum absolute atomic E-state index is 0.0578. The lowest BCUT2D eigenvalue weighted by Gasteiger charge is -2.04. The standard InChI is InChI=1S/C18H16ClN3O4S2/c19-13-6-8-15(9-7-13)28(24,25)11-10-16(23)20-18-22-21-17(26-18)12-27-14-4-2-1-3-5-14/h1-9H,10-12H2,(H,20,22,23). The van der Waals surface area contributed by atoms with Crippen LogP contribution in [0.5, 0.6) is 0 Å². The van der Waals surface area contributed by atoms with E-state index < -0.39 is 15.7 Å². The lowest BCUT2D eigenvalue weighted by Crippen LogP contribution is -2.17. The summed E-state index contributed by atoms with van der Waals surface area (Å²) in [7, 11) is -3.59. The van der Waals surface area contributed by atoms with Crippen molar-refractivity contribution in [2.24, 2.45) is 0 Å². The van der Waals surface area contributed by atoms with Crippen LogP contribution >= 0.6 is 23.4 Å². The van der Waals surface area contributed by atoms with Crippen molar-refractivity contribution in [2.45, 2.75) is 22.0 Å². The van der Waals surface area contributed by atoms with E-state index in [1.807, 2.05) is 30.3 Å². The monoisotopic (exact) mass is 437 g/mol. The van der Waals surface area contributed by atoms with Crippen LogP contribution in [-0.4, -0.2) is 30.3 Å². The SMILES string of the molecule is O=C(CCS(=O)(=O)c1ccc(Cl)cc1)Nc1nnc(CSc2ccccc2)o1. The van der Waals surface area contributed by atoms with Crippen LogP contribution in [-0.2, 0) is 20.4 Å². The van der Waals surface area contributed by atoms with Gasteiger partial charge in [-0.2, -0.15) is 0 Å². The highest BCUT2D eigenvalue weighted by atomic mass is 35.5. The van der Waals surface area contributed by atoms with Gasteiger partial charge in [0.05, 0.1) is 16.4 Å². The van der Waals surface area contributed by atoms with Gasteiger partial charge in [0, 0.05) is 16.3 Å². The third-order valence-electron chi connectivity index (χ3n) is 3.59. The highest BCUT2D eigenvalue weighted by molar-refractivity contribution is 7.98. The molecule has 0 aliphatic carbocycles. The van der Waals surface area contributed by atoms with Crippen LogP contribution in [0.1, 0.15) is 12.3 Å². The molecule has 0 aliphatic heterocycles. The molecule has 1 amide bonds. The Hall–Kier alpha value is -2.36. The Morgan fingerprint density at radius 1 is 1.07 bits per heavy atom. The molecule has 146 valence electrons. The van der Waals surface area contributed by atoms with E-state index in [4.69, 9.17) is 16.0 Å². The van der Waals surface area contributed by atoms with Crippen LogP contribution in [0, 0.1) is 0 Å². The van der Waals surface area contributed by atoms with Crippen molar-refractivity contribution >= 4 is 45.1 Å². The van der Waals surface area contributed by atoms with E-state index in [-0.39, 0.29) is 23.1 Å². The van der Waals surface area contributed by atoms with Gasteiger partial charge < -0.3 is 4.42 Å². The molecule has 28 heavy (non-hydrogen) atoms. The van der Waals surface area contributed by atoms with Gasteiger partial charge in [-0.15, -0.1) is 16.9 Å². The van der Waals surface area contributed by atoms with Crippen molar-refractivity contribution in [3.63, 3.8) is 0 Å². The average molecular weight is 438 g/mol. The molecule has 0 radical (unpaired) electrons. The van der Waals surface area contributed by atoms with Crippen LogP contribution in [0.3, 0.4) is 0 Å². The summed E-state index contributed by atoms with van der Waals surface area (Å²) in [5.74, 6) is -0.0511. The number of aromatic nitrogens is 2. The number of sulfone groups is 1. The van der Waals surface area contributed by atoms with E-state index in [0.29, 0.717) is 16.7 Å². The number of amides is 1. The molecule has 0 saturated carbocycles. The van der Waals surface area contributed by atoms with Crippen LogP contribution in [0.25, 0.3) is 0 Å². The zero-order chi connectivity index (χ0) is 20.0. The molecule has 1 heterocycles. The number of hydrogen-bond donors (Lipinski definition) is 1. The lowest BCUT2D eigenvalue weighted by molar-refractivity contribution is -0.116. The highest BCUT2D eigenvalue weighted by Crippen LogP contribution is 2.22. The Balaban J connectivity index is 1.49. The molecule has 0 fully saturated rings. The van der Waals surface area contributed by atoms with E-state index >= 15 is 0 Å². The summed E-state index contributed by atoms with van der Waals surface area (Å²) >= 11 is 7.28. The number of halogens is 1. The third-order valence-corrected chi connectivity index (χ3v) is 6.57. The highest BCUT2D eigenvalue weighted by Gasteiger charge is 2.18. The van der Waals surface area contributed by atoms with Crippen molar-refractivity contribution in [3.8, 4) is 0 Å². The normalized spacial score (nSPS) is 11.3. The van der Waals surface area contributed by atoms with Crippen molar-refractivity contribution in [2.75, 3.05) is 11.1 Å². The molecular formula is C18H16ClN3O4S2. The number of benzene rings is 2. The molecule has 3 aromatic rings. The van der Waals surface area contributed by atoms with Gasteiger partial charge in [0.15, 0.2) is 9.84 Å². The third kappa shape index (κ3) is 5.82. The zero-order valence-electron chi connectivity index (χ0n) is 14.5. The minimum atomic E-state index is -3.59. The second-order valence-electron chi connectivity index (χ2n) is 5.67. The Morgan fingerprint density at radius 3 is 2.50 bits per heavy atom. The Labute approximate surface area is 171 Å². The summed E-state index contributed by atoms with van der Waals surface area (Å²) in [5, 5.41) is 10.5. The number of nitrogens with one attached hydrogen (secondary N) is 1. The average Bonchev–Trinajstić information content (AvgIpc) is 3.13. The molecule has 0 saturated heterocycles. The van der Waals surface area contributed by atoms with E-state index in [1.54, 1.807) is 0 Å². The molecule has 2 aromatic carbocycles. The molecule has 10 heteroatoms. The van der Waals surface area contributed by atoms with Crippen molar-refractivity contribution in [1.82, 2.24) is 10.2 Å². The Morgan fingerprint density at radius 2 is 1.79 bits per heavy atom. The molecule has 7 nitrogen and oxygen atoms in total. The molecule has 1 N–H and O–H groups in total. The second kappa shape index (κ2) is 9.22. The van der Waals surface area contributed by atoms with E-state index in [1.165, 1.54) is 36.0 Å². The smallest absolute Gasteiger partial charge is 0.322 e. The first-order valence-electron chi connectivity index (χ1n) is 8.21. The van der Waals surface area contributed by atoms with Gasteiger partial charge in [0.1, 0.15) is 0 Å². The maximum atomic E-state index is 12.2. The molecule has 1 aromatic heterocycles. The second-order valence-corrected chi connectivity index (χ2v) is 9.27. The first kappa shape index (κ1) is 20.4. The summed E-state index contributed by atoms with van der Waals surface area (Å²) in [4.78, 5) is 13.2. The lowest BCUT2D eigenvalue weighted by atomic mass is 10.4. The van der Waals surface area contributed by atoms with Crippen LogP contribution in [0.2, 0.25) is 5.02 Å². The topological polar surface area (TPSA) is 102 Å². The summed E-state index contributed by atoms with van der Waals surface area (Å²) in [6.07, 6.45) is -0.235. The van der Waals surface area contributed by atoms with Gasteiger partial charge >= 0.3 is 6.01 Å². The van der Waals surface area contributed by atoms with Crippen molar-refractivity contribution in [3.05, 3.63) is 65.5 Å². The molecule has 0 bridgehead atoms. The zero-order valence-corrected chi connectivity index (χ0v) is 16.9. The summed E-state index contributed by atoms with van der Waals surface area (Å²) in [5.41, 5.74) is 0. The number of thioether (sulfide) groups is 1. The maximum absolute atomic E-state index is 12.2.